The molecule has 0 aliphatic carbocycles. The van der Waals surface area contributed by atoms with Crippen molar-refractivity contribution in [1.29, 1.82) is 0 Å². The molecule has 0 bridgehead atoms. The van der Waals surface area contributed by atoms with Gasteiger partial charge in [-0.1, -0.05) is 23.2 Å². The summed E-state index contributed by atoms with van der Waals surface area (Å²) in [7, 11) is 1.31. The summed E-state index contributed by atoms with van der Waals surface area (Å²) in [6.45, 7) is 0. The first-order valence-electron chi connectivity index (χ1n) is 5.77. The van der Waals surface area contributed by atoms with Gasteiger partial charge in [-0.15, -0.1) is 11.3 Å². The van der Waals surface area contributed by atoms with E-state index in [-0.39, 0.29) is 17.4 Å². The van der Waals surface area contributed by atoms with E-state index in [1.165, 1.54) is 30.6 Å². The zero-order valence-electron chi connectivity index (χ0n) is 10.9. The first kappa shape index (κ1) is 15.8. The number of carbonyl (C=O) groups is 2. The van der Waals surface area contributed by atoms with E-state index >= 15 is 0 Å². The summed E-state index contributed by atoms with van der Waals surface area (Å²) in [6.07, 6.45) is 0.0601. The Morgan fingerprint density at radius 2 is 2.14 bits per heavy atom. The van der Waals surface area contributed by atoms with Crippen LogP contribution in [0.3, 0.4) is 0 Å². The minimum Gasteiger partial charge on any atom is -0.469 e. The predicted octanol–water partition coefficient (Wildman–Crippen LogP) is 3.42. The SMILES string of the molecule is COC(=O)Cc1csc(NC(=O)c2ccc(Cl)cc2Cl)n1. The maximum Gasteiger partial charge on any atom is 0.311 e. The molecule has 21 heavy (non-hydrogen) atoms. The largest absolute Gasteiger partial charge is 0.469 e. The van der Waals surface area contributed by atoms with Crippen molar-refractivity contribution in [3.05, 3.63) is 44.9 Å². The topological polar surface area (TPSA) is 68.3 Å². The number of esters is 1. The Hall–Kier alpha value is -1.63. The zero-order valence-corrected chi connectivity index (χ0v) is 13.2. The van der Waals surface area contributed by atoms with Crippen molar-refractivity contribution in [1.82, 2.24) is 4.98 Å². The normalized spacial score (nSPS) is 10.2. The predicted molar refractivity (Wildman–Crippen MR) is 82.2 cm³/mol. The van der Waals surface area contributed by atoms with Gasteiger partial charge in [0.2, 0.25) is 0 Å². The standard InChI is InChI=1S/C13H10Cl2N2O3S/c1-20-11(18)5-8-6-21-13(16-8)17-12(19)9-3-2-7(14)4-10(9)15/h2-4,6H,5H2,1H3,(H,16,17,19). The van der Waals surface area contributed by atoms with Crippen molar-refractivity contribution in [2.24, 2.45) is 0 Å². The van der Waals surface area contributed by atoms with Crippen LogP contribution in [0, 0.1) is 0 Å². The van der Waals surface area contributed by atoms with Gasteiger partial charge >= 0.3 is 5.97 Å². The second-order valence-electron chi connectivity index (χ2n) is 3.98. The lowest BCUT2D eigenvalue weighted by atomic mass is 10.2. The van der Waals surface area contributed by atoms with E-state index in [1.807, 2.05) is 0 Å². The highest BCUT2D eigenvalue weighted by Gasteiger charge is 2.14. The number of nitrogens with zero attached hydrogens (tertiary/aromatic N) is 1. The smallest absolute Gasteiger partial charge is 0.311 e. The number of aromatic nitrogens is 1. The summed E-state index contributed by atoms with van der Waals surface area (Å²) in [4.78, 5) is 27.3. The minimum absolute atomic E-state index is 0.0601. The molecule has 0 aliphatic heterocycles. The summed E-state index contributed by atoms with van der Waals surface area (Å²) < 4.78 is 4.55. The van der Waals surface area contributed by atoms with Crippen LogP contribution in [0.1, 0.15) is 16.1 Å². The summed E-state index contributed by atoms with van der Waals surface area (Å²) >= 11 is 13.0. The molecule has 0 radical (unpaired) electrons. The Kier molecular flexibility index (Phi) is 5.17. The van der Waals surface area contributed by atoms with Gasteiger partial charge in [0.25, 0.3) is 5.91 Å². The van der Waals surface area contributed by atoms with Crippen molar-refractivity contribution < 1.29 is 14.3 Å². The van der Waals surface area contributed by atoms with Crippen molar-refractivity contribution in [3.63, 3.8) is 0 Å². The lowest BCUT2D eigenvalue weighted by Gasteiger charge is -2.04. The molecule has 0 saturated carbocycles. The second-order valence-corrected chi connectivity index (χ2v) is 5.68. The monoisotopic (exact) mass is 344 g/mol. The Labute approximate surface area is 134 Å². The van der Waals surface area contributed by atoms with Crippen LogP contribution in [-0.4, -0.2) is 24.0 Å². The second kappa shape index (κ2) is 6.89. The van der Waals surface area contributed by atoms with E-state index in [9.17, 15) is 9.59 Å². The van der Waals surface area contributed by atoms with Crippen molar-refractivity contribution >= 4 is 51.5 Å². The molecular formula is C13H10Cl2N2O3S. The highest BCUT2D eigenvalue weighted by atomic mass is 35.5. The van der Waals surface area contributed by atoms with Gasteiger partial charge in [-0.3, -0.25) is 14.9 Å². The van der Waals surface area contributed by atoms with Crippen LogP contribution in [0.2, 0.25) is 10.0 Å². The third-order valence-corrected chi connectivity index (χ3v) is 3.86. The third kappa shape index (κ3) is 4.17. The number of ether oxygens (including phenoxy) is 1. The number of benzene rings is 1. The van der Waals surface area contributed by atoms with Crippen LogP contribution in [-0.2, 0) is 16.0 Å². The lowest BCUT2D eigenvalue weighted by molar-refractivity contribution is -0.139. The van der Waals surface area contributed by atoms with Gasteiger partial charge in [-0.05, 0) is 18.2 Å². The number of hydrogen-bond donors (Lipinski definition) is 1. The number of methoxy groups -OCH3 is 1. The molecule has 0 fully saturated rings. The summed E-state index contributed by atoms with van der Waals surface area (Å²) in [5.74, 6) is -0.783. The molecule has 8 heteroatoms. The number of halogens is 2. The van der Waals surface area contributed by atoms with E-state index in [0.29, 0.717) is 21.4 Å². The minimum atomic E-state index is -0.393. The van der Waals surface area contributed by atoms with Gasteiger partial charge in [-0.25, -0.2) is 4.98 Å². The Morgan fingerprint density at radius 1 is 1.38 bits per heavy atom. The quantitative estimate of drug-likeness (QED) is 0.862. The number of hydrogen-bond acceptors (Lipinski definition) is 5. The van der Waals surface area contributed by atoms with E-state index in [1.54, 1.807) is 11.4 Å². The Balaban J connectivity index is 2.07. The molecule has 5 nitrogen and oxygen atoms in total. The first-order valence-corrected chi connectivity index (χ1v) is 7.41. The number of anilines is 1. The maximum absolute atomic E-state index is 12.1. The van der Waals surface area contributed by atoms with Gasteiger partial charge in [0.15, 0.2) is 5.13 Å². The fourth-order valence-electron chi connectivity index (χ4n) is 1.50. The van der Waals surface area contributed by atoms with Gasteiger partial charge in [0, 0.05) is 10.4 Å². The molecule has 1 aromatic carbocycles. The fourth-order valence-corrected chi connectivity index (χ4v) is 2.70. The average Bonchev–Trinajstić information content (AvgIpc) is 2.85. The number of thiazole rings is 1. The molecule has 0 saturated heterocycles. The molecule has 0 spiro atoms. The molecular weight excluding hydrogens is 335 g/mol. The third-order valence-electron chi connectivity index (χ3n) is 2.50. The molecule has 0 atom stereocenters. The highest BCUT2D eigenvalue weighted by molar-refractivity contribution is 7.14. The summed E-state index contributed by atoms with van der Waals surface area (Å²) in [5, 5.41) is 5.38. The van der Waals surface area contributed by atoms with Gasteiger partial charge in [-0.2, -0.15) is 0 Å². The van der Waals surface area contributed by atoms with Gasteiger partial charge < -0.3 is 4.74 Å². The molecule has 2 rings (SSSR count). The molecule has 2 aromatic rings. The fraction of sp³-hybridized carbons (Fsp3) is 0.154. The zero-order chi connectivity index (χ0) is 15.4. The van der Waals surface area contributed by atoms with Crippen LogP contribution in [0.5, 0.6) is 0 Å². The summed E-state index contributed by atoms with van der Waals surface area (Å²) in [6, 6.07) is 4.60. The van der Waals surface area contributed by atoms with Crippen LogP contribution in [0.15, 0.2) is 23.6 Å². The van der Waals surface area contributed by atoms with Gasteiger partial charge in [0.1, 0.15) is 0 Å². The number of nitrogens with one attached hydrogen (secondary N) is 1. The number of amides is 1. The molecule has 0 unspecified atom stereocenters. The molecule has 110 valence electrons. The van der Waals surface area contributed by atoms with Crippen LogP contribution < -0.4 is 5.32 Å². The molecule has 1 N–H and O–H groups in total. The highest BCUT2D eigenvalue weighted by Crippen LogP contribution is 2.23. The van der Waals surface area contributed by atoms with E-state index < -0.39 is 5.91 Å². The van der Waals surface area contributed by atoms with E-state index in [4.69, 9.17) is 23.2 Å². The first-order chi connectivity index (χ1) is 9.99. The lowest BCUT2D eigenvalue weighted by Crippen LogP contribution is -2.12. The van der Waals surface area contributed by atoms with Crippen LogP contribution >= 0.6 is 34.5 Å². The molecule has 0 aliphatic rings. The summed E-state index contributed by atoms with van der Waals surface area (Å²) in [5.41, 5.74) is 0.829. The Morgan fingerprint density at radius 3 is 2.81 bits per heavy atom. The van der Waals surface area contributed by atoms with Gasteiger partial charge in [0.05, 0.1) is 29.8 Å². The molecule has 1 amide bonds. The molecule has 1 aromatic heterocycles. The van der Waals surface area contributed by atoms with Crippen molar-refractivity contribution in [2.45, 2.75) is 6.42 Å². The van der Waals surface area contributed by atoms with Crippen molar-refractivity contribution in [2.75, 3.05) is 12.4 Å². The van der Waals surface area contributed by atoms with Crippen molar-refractivity contribution in [3.8, 4) is 0 Å². The Bertz CT molecular complexity index is 688. The number of carbonyl (C=O) groups excluding carboxylic acids is 2. The molecule has 1 heterocycles. The van der Waals surface area contributed by atoms with Crippen LogP contribution in [0.4, 0.5) is 5.13 Å². The van der Waals surface area contributed by atoms with Crippen LogP contribution in [0.25, 0.3) is 0 Å². The van der Waals surface area contributed by atoms with E-state index in [2.05, 4.69) is 15.0 Å². The van der Waals surface area contributed by atoms with E-state index in [0.717, 1.165) is 0 Å². The number of rotatable bonds is 4. The average molecular weight is 345 g/mol. The maximum atomic E-state index is 12.1.